The lowest BCUT2D eigenvalue weighted by Gasteiger charge is -2.45. The van der Waals surface area contributed by atoms with Crippen molar-refractivity contribution in [1.29, 1.82) is 0 Å². The summed E-state index contributed by atoms with van der Waals surface area (Å²) in [6, 6.07) is 7.70. The molecule has 0 bridgehead atoms. The Labute approximate surface area is 129 Å². The second-order valence-corrected chi connectivity index (χ2v) is 6.26. The van der Waals surface area contributed by atoms with Crippen molar-refractivity contribution in [3.8, 4) is 0 Å². The van der Waals surface area contributed by atoms with Gasteiger partial charge in [0.1, 0.15) is 16.3 Å². The highest BCUT2D eigenvalue weighted by Gasteiger charge is 2.44. The van der Waals surface area contributed by atoms with Crippen LogP contribution in [0.1, 0.15) is 31.2 Å². The van der Waals surface area contributed by atoms with E-state index in [1.165, 1.54) is 0 Å². The molecule has 0 atom stereocenters. The number of rotatable bonds is 2. The van der Waals surface area contributed by atoms with Gasteiger partial charge in [-0.15, -0.1) is 0 Å². The van der Waals surface area contributed by atoms with Crippen LogP contribution in [-0.2, 0) is 4.79 Å². The van der Waals surface area contributed by atoms with Crippen LogP contribution in [0.15, 0.2) is 35.6 Å². The minimum absolute atomic E-state index is 0.101. The van der Waals surface area contributed by atoms with E-state index in [1.807, 2.05) is 31.2 Å². The van der Waals surface area contributed by atoms with Crippen LogP contribution in [0.2, 0.25) is 0 Å². The van der Waals surface area contributed by atoms with E-state index < -0.39 is 0 Å². The number of carbonyl (C=O) groups excluding carboxylic acids is 1. The normalized spacial score (nSPS) is 20.0. The van der Waals surface area contributed by atoms with Crippen LogP contribution >= 0.6 is 12.2 Å². The number of benzene rings is 1. The maximum atomic E-state index is 12.3. The molecule has 1 aliphatic heterocycles. The molecule has 21 heavy (non-hydrogen) atoms. The van der Waals surface area contributed by atoms with Crippen molar-refractivity contribution in [2.45, 2.75) is 38.1 Å². The van der Waals surface area contributed by atoms with E-state index in [0.29, 0.717) is 6.42 Å². The predicted octanol–water partition coefficient (Wildman–Crippen LogP) is 2.99. The first-order valence-electron chi connectivity index (χ1n) is 7.12. The summed E-state index contributed by atoms with van der Waals surface area (Å²) in [7, 11) is 0. The Bertz CT molecular complexity index is 647. The average molecular weight is 302 g/mol. The highest BCUT2D eigenvalue weighted by atomic mass is 32.1. The highest BCUT2D eigenvalue weighted by molar-refractivity contribution is 7.81. The summed E-state index contributed by atoms with van der Waals surface area (Å²) >= 11 is 5.31. The molecule has 4 nitrogen and oxygen atoms in total. The van der Waals surface area contributed by atoms with E-state index in [4.69, 9.17) is 12.2 Å². The lowest BCUT2D eigenvalue weighted by atomic mass is 9.72. The molecular formula is C16H18N2O2S. The van der Waals surface area contributed by atoms with E-state index >= 15 is 0 Å². The van der Waals surface area contributed by atoms with Gasteiger partial charge in [0.2, 0.25) is 0 Å². The molecule has 1 aromatic rings. The van der Waals surface area contributed by atoms with Crippen molar-refractivity contribution < 1.29 is 9.90 Å². The van der Waals surface area contributed by atoms with Crippen LogP contribution in [0.4, 0.5) is 5.69 Å². The topological polar surface area (TPSA) is 61.4 Å². The quantitative estimate of drug-likeness (QED) is 0.735. The van der Waals surface area contributed by atoms with Gasteiger partial charge in [-0.25, -0.2) is 0 Å². The van der Waals surface area contributed by atoms with Crippen molar-refractivity contribution in [1.82, 2.24) is 5.32 Å². The van der Waals surface area contributed by atoms with Crippen molar-refractivity contribution in [3.05, 3.63) is 41.2 Å². The fourth-order valence-electron chi connectivity index (χ4n) is 2.92. The third kappa shape index (κ3) is 2.53. The van der Waals surface area contributed by atoms with Crippen molar-refractivity contribution in [3.63, 3.8) is 0 Å². The smallest absolute Gasteiger partial charge is 0.258 e. The average Bonchev–Trinajstić information content (AvgIpc) is 2.38. The number of para-hydroxylation sites is 1. The summed E-state index contributed by atoms with van der Waals surface area (Å²) in [4.78, 5) is 12.5. The minimum Gasteiger partial charge on any atom is -0.511 e. The summed E-state index contributed by atoms with van der Waals surface area (Å²) in [6.45, 7) is 1.96. The van der Waals surface area contributed by atoms with E-state index in [2.05, 4.69) is 10.6 Å². The van der Waals surface area contributed by atoms with Gasteiger partial charge in [0.25, 0.3) is 5.91 Å². The first-order chi connectivity index (χ1) is 10.0. The summed E-state index contributed by atoms with van der Waals surface area (Å²) in [5.41, 5.74) is 1.85. The molecule has 0 aromatic heterocycles. The Balaban J connectivity index is 1.82. The van der Waals surface area contributed by atoms with Gasteiger partial charge in [0.05, 0.1) is 0 Å². The molecule has 3 rings (SSSR count). The van der Waals surface area contributed by atoms with Gasteiger partial charge < -0.3 is 15.7 Å². The number of amides is 1. The largest absolute Gasteiger partial charge is 0.511 e. The minimum atomic E-state index is -0.274. The molecule has 110 valence electrons. The van der Waals surface area contributed by atoms with Gasteiger partial charge in [-0.3, -0.25) is 4.79 Å². The Hall–Kier alpha value is -1.88. The fraction of sp³-hybridized carbons (Fsp3) is 0.375. The molecule has 1 spiro atoms. The number of thiocarbonyl (C=S) groups is 1. The summed E-state index contributed by atoms with van der Waals surface area (Å²) < 4.78 is 0. The maximum Gasteiger partial charge on any atom is 0.258 e. The Kier molecular flexibility index (Phi) is 3.45. The number of nitrogens with one attached hydrogen (secondary N) is 2. The standard InChI is InChI=1S/C16H18N2O2S/c1-10-5-2-3-6-11(10)17-15(21)13-12(19)9-16(7-4-8-16)18-14(13)20/h2-3,5-6,19H,4,7-9H2,1H3,(H,17,21)(H,18,20). The molecule has 1 aliphatic carbocycles. The Morgan fingerprint density at radius 3 is 2.67 bits per heavy atom. The van der Waals surface area contributed by atoms with Crippen LogP contribution in [0.5, 0.6) is 0 Å². The number of hydrogen-bond acceptors (Lipinski definition) is 3. The van der Waals surface area contributed by atoms with E-state index in [-0.39, 0.29) is 27.8 Å². The first-order valence-corrected chi connectivity index (χ1v) is 7.53. The molecule has 1 heterocycles. The lowest BCUT2D eigenvalue weighted by molar-refractivity contribution is -0.121. The van der Waals surface area contributed by atoms with Crippen molar-refractivity contribution in [2.24, 2.45) is 0 Å². The zero-order valence-corrected chi connectivity index (χ0v) is 12.7. The van der Waals surface area contributed by atoms with E-state index in [1.54, 1.807) is 0 Å². The van der Waals surface area contributed by atoms with Gasteiger partial charge in [0.15, 0.2) is 0 Å². The predicted molar refractivity (Wildman–Crippen MR) is 86.4 cm³/mol. The molecule has 3 N–H and O–H groups in total. The van der Waals surface area contributed by atoms with E-state index in [9.17, 15) is 9.90 Å². The number of aliphatic hydroxyl groups is 1. The maximum absolute atomic E-state index is 12.3. The summed E-state index contributed by atoms with van der Waals surface area (Å²) in [5, 5.41) is 16.3. The molecule has 1 amide bonds. The third-order valence-electron chi connectivity index (χ3n) is 4.33. The number of carbonyl (C=O) groups is 1. The van der Waals surface area contributed by atoms with Crippen molar-refractivity contribution >= 4 is 28.8 Å². The number of hydrogen-bond donors (Lipinski definition) is 3. The fourth-order valence-corrected chi connectivity index (χ4v) is 3.25. The van der Waals surface area contributed by atoms with Gasteiger partial charge in [-0.2, -0.15) is 0 Å². The molecular weight excluding hydrogens is 284 g/mol. The SMILES string of the molecule is Cc1ccccc1NC(=S)C1=C(O)CC2(CCC2)NC1=O. The molecule has 1 saturated carbocycles. The number of aliphatic hydroxyl groups excluding tert-OH is 1. The Morgan fingerprint density at radius 1 is 1.38 bits per heavy atom. The highest BCUT2D eigenvalue weighted by Crippen LogP contribution is 2.40. The first kappa shape index (κ1) is 14.1. The van der Waals surface area contributed by atoms with Crippen LogP contribution < -0.4 is 10.6 Å². The van der Waals surface area contributed by atoms with Gasteiger partial charge in [-0.05, 0) is 37.8 Å². The van der Waals surface area contributed by atoms with Gasteiger partial charge >= 0.3 is 0 Å². The van der Waals surface area contributed by atoms with Crippen LogP contribution in [0.3, 0.4) is 0 Å². The lowest BCUT2D eigenvalue weighted by Crippen LogP contribution is -2.57. The molecule has 2 aliphatic rings. The second-order valence-electron chi connectivity index (χ2n) is 5.86. The van der Waals surface area contributed by atoms with Gasteiger partial charge in [0, 0.05) is 17.6 Å². The third-order valence-corrected chi connectivity index (χ3v) is 4.64. The summed E-state index contributed by atoms with van der Waals surface area (Å²) in [5.74, 6) is -0.172. The monoisotopic (exact) mass is 302 g/mol. The zero-order chi connectivity index (χ0) is 15.0. The molecule has 1 aromatic carbocycles. The van der Waals surface area contributed by atoms with Crippen LogP contribution in [-0.4, -0.2) is 21.5 Å². The van der Waals surface area contributed by atoms with Crippen LogP contribution in [0, 0.1) is 6.92 Å². The molecule has 0 saturated heterocycles. The Morgan fingerprint density at radius 2 is 2.10 bits per heavy atom. The summed E-state index contributed by atoms with van der Waals surface area (Å²) in [6.07, 6.45) is 3.42. The van der Waals surface area contributed by atoms with Crippen molar-refractivity contribution in [2.75, 3.05) is 5.32 Å². The number of aryl methyl sites for hydroxylation is 1. The molecule has 0 unspecified atom stereocenters. The molecule has 1 fully saturated rings. The number of anilines is 1. The second kappa shape index (κ2) is 5.15. The van der Waals surface area contributed by atoms with Gasteiger partial charge in [-0.1, -0.05) is 30.4 Å². The molecule has 0 radical (unpaired) electrons. The zero-order valence-electron chi connectivity index (χ0n) is 11.9. The van der Waals surface area contributed by atoms with E-state index in [0.717, 1.165) is 30.5 Å². The molecule has 5 heteroatoms. The van der Waals surface area contributed by atoms with Crippen LogP contribution in [0.25, 0.3) is 0 Å².